The van der Waals surface area contributed by atoms with Crippen LogP contribution in [-0.2, 0) is 4.74 Å². The molecule has 0 amide bonds. The van der Waals surface area contributed by atoms with Crippen LogP contribution in [0.5, 0.6) is 0 Å². The van der Waals surface area contributed by atoms with Crippen molar-refractivity contribution in [3.63, 3.8) is 0 Å². The third kappa shape index (κ3) is 2.93. The Hall–Kier alpha value is -0.870. The fourth-order valence-electron chi connectivity index (χ4n) is 2.37. The van der Waals surface area contributed by atoms with Crippen LogP contribution in [0.4, 0.5) is 5.82 Å². The van der Waals surface area contributed by atoms with Gasteiger partial charge in [0.05, 0.1) is 6.10 Å². The summed E-state index contributed by atoms with van der Waals surface area (Å²) >= 11 is 6.05. The summed E-state index contributed by atoms with van der Waals surface area (Å²) in [5.41, 5.74) is 0. The molecule has 18 heavy (non-hydrogen) atoms. The highest BCUT2D eigenvalue weighted by Crippen LogP contribution is 2.38. The minimum absolute atomic E-state index is 0.316. The van der Waals surface area contributed by atoms with E-state index in [0.29, 0.717) is 23.2 Å². The average molecular weight is 268 g/mol. The molecule has 2 unspecified atom stereocenters. The first kappa shape index (κ1) is 12.2. The van der Waals surface area contributed by atoms with Gasteiger partial charge in [0.2, 0.25) is 0 Å². The van der Waals surface area contributed by atoms with E-state index < -0.39 is 0 Å². The molecule has 0 spiro atoms. The van der Waals surface area contributed by atoms with Crippen molar-refractivity contribution in [3.05, 3.63) is 17.0 Å². The maximum atomic E-state index is 6.05. The van der Waals surface area contributed by atoms with Crippen molar-refractivity contribution in [2.45, 2.75) is 50.7 Å². The van der Waals surface area contributed by atoms with Crippen molar-refractivity contribution in [2.75, 3.05) is 11.9 Å². The molecule has 1 aliphatic carbocycles. The first-order chi connectivity index (χ1) is 8.70. The molecular formula is C13H18ClN3O. The predicted octanol–water partition coefficient (Wildman–Crippen LogP) is 2.99. The second-order valence-electron chi connectivity index (χ2n) is 5.26. The minimum atomic E-state index is 0.316. The molecule has 0 aromatic carbocycles. The Morgan fingerprint density at radius 1 is 1.33 bits per heavy atom. The lowest BCUT2D eigenvalue weighted by molar-refractivity contribution is 0.0232. The summed E-state index contributed by atoms with van der Waals surface area (Å²) in [6.07, 6.45) is 4.73. The van der Waals surface area contributed by atoms with Crippen molar-refractivity contribution in [2.24, 2.45) is 0 Å². The molecule has 4 nitrogen and oxygen atoms in total. The highest BCUT2D eigenvalue weighted by atomic mass is 35.5. The van der Waals surface area contributed by atoms with Gasteiger partial charge >= 0.3 is 0 Å². The number of anilines is 1. The van der Waals surface area contributed by atoms with E-state index in [-0.39, 0.29) is 0 Å². The second-order valence-corrected chi connectivity index (χ2v) is 5.64. The zero-order chi connectivity index (χ0) is 12.5. The van der Waals surface area contributed by atoms with Gasteiger partial charge in [-0.2, -0.15) is 0 Å². The Morgan fingerprint density at radius 3 is 2.89 bits per heavy atom. The SMILES string of the molecule is CC1CC(Nc2cc(Cl)nc(C3CC3)n2)CCO1. The van der Waals surface area contributed by atoms with Crippen molar-refractivity contribution in [3.8, 4) is 0 Å². The van der Waals surface area contributed by atoms with Crippen LogP contribution < -0.4 is 5.32 Å². The van der Waals surface area contributed by atoms with Gasteiger partial charge in [-0.05, 0) is 32.6 Å². The smallest absolute Gasteiger partial charge is 0.135 e. The minimum Gasteiger partial charge on any atom is -0.378 e. The summed E-state index contributed by atoms with van der Waals surface area (Å²) < 4.78 is 5.54. The average Bonchev–Trinajstić information content (AvgIpc) is 3.11. The topological polar surface area (TPSA) is 47.0 Å². The third-order valence-corrected chi connectivity index (χ3v) is 3.69. The van der Waals surface area contributed by atoms with Gasteiger partial charge < -0.3 is 10.1 Å². The van der Waals surface area contributed by atoms with Gasteiger partial charge in [0.25, 0.3) is 0 Å². The van der Waals surface area contributed by atoms with Gasteiger partial charge in [-0.3, -0.25) is 0 Å². The predicted molar refractivity (Wildman–Crippen MR) is 71.1 cm³/mol. The molecule has 5 heteroatoms. The largest absolute Gasteiger partial charge is 0.378 e. The molecule has 2 heterocycles. The summed E-state index contributed by atoms with van der Waals surface area (Å²) in [5, 5.41) is 4.00. The molecule has 1 aromatic rings. The number of nitrogens with zero attached hydrogens (tertiary/aromatic N) is 2. The van der Waals surface area contributed by atoms with Gasteiger partial charge in [0, 0.05) is 24.6 Å². The fourth-order valence-corrected chi connectivity index (χ4v) is 2.56. The molecular weight excluding hydrogens is 250 g/mol. The van der Waals surface area contributed by atoms with E-state index >= 15 is 0 Å². The van der Waals surface area contributed by atoms with Gasteiger partial charge in [-0.25, -0.2) is 9.97 Å². The summed E-state index contributed by atoms with van der Waals surface area (Å²) in [7, 11) is 0. The van der Waals surface area contributed by atoms with Crippen LogP contribution in [0.25, 0.3) is 0 Å². The molecule has 1 N–H and O–H groups in total. The van der Waals surface area contributed by atoms with Gasteiger partial charge in [-0.15, -0.1) is 0 Å². The lowest BCUT2D eigenvalue weighted by atomic mass is 10.0. The van der Waals surface area contributed by atoms with E-state index in [1.54, 1.807) is 0 Å². The van der Waals surface area contributed by atoms with E-state index in [1.807, 2.05) is 6.07 Å². The number of nitrogens with one attached hydrogen (secondary N) is 1. The highest BCUT2D eigenvalue weighted by Gasteiger charge is 2.27. The van der Waals surface area contributed by atoms with Gasteiger partial charge in [0.1, 0.15) is 16.8 Å². The highest BCUT2D eigenvalue weighted by molar-refractivity contribution is 6.29. The van der Waals surface area contributed by atoms with E-state index in [0.717, 1.165) is 31.1 Å². The molecule has 1 saturated carbocycles. The first-order valence-electron chi connectivity index (χ1n) is 6.63. The molecule has 0 bridgehead atoms. The quantitative estimate of drug-likeness (QED) is 0.856. The normalized spacial score (nSPS) is 28.1. The number of hydrogen-bond donors (Lipinski definition) is 1. The molecule has 2 aliphatic rings. The molecule has 1 aliphatic heterocycles. The van der Waals surface area contributed by atoms with E-state index in [4.69, 9.17) is 16.3 Å². The monoisotopic (exact) mass is 267 g/mol. The van der Waals surface area contributed by atoms with Crippen LogP contribution in [0.1, 0.15) is 44.3 Å². The van der Waals surface area contributed by atoms with Crippen molar-refractivity contribution in [1.29, 1.82) is 0 Å². The van der Waals surface area contributed by atoms with Crippen LogP contribution in [-0.4, -0.2) is 28.7 Å². The Balaban J connectivity index is 1.71. The Labute approximate surface area is 112 Å². The molecule has 2 fully saturated rings. The Kier molecular flexibility index (Phi) is 3.39. The summed E-state index contributed by atoms with van der Waals surface area (Å²) in [4.78, 5) is 8.86. The van der Waals surface area contributed by atoms with Crippen molar-refractivity contribution < 1.29 is 4.74 Å². The zero-order valence-corrected chi connectivity index (χ0v) is 11.3. The maximum Gasteiger partial charge on any atom is 0.135 e. The number of rotatable bonds is 3. The lowest BCUT2D eigenvalue weighted by Gasteiger charge is -2.28. The zero-order valence-electron chi connectivity index (χ0n) is 10.5. The third-order valence-electron chi connectivity index (χ3n) is 3.49. The summed E-state index contributed by atoms with van der Waals surface area (Å²) in [6.45, 7) is 2.92. The van der Waals surface area contributed by atoms with E-state index in [9.17, 15) is 0 Å². The van der Waals surface area contributed by atoms with Gasteiger partial charge in [-0.1, -0.05) is 11.6 Å². The van der Waals surface area contributed by atoms with Crippen LogP contribution in [0, 0.1) is 0 Å². The van der Waals surface area contributed by atoms with Gasteiger partial charge in [0.15, 0.2) is 0 Å². The van der Waals surface area contributed by atoms with Crippen LogP contribution in [0.3, 0.4) is 0 Å². The molecule has 1 aromatic heterocycles. The molecule has 2 atom stereocenters. The Morgan fingerprint density at radius 2 is 2.17 bits per heavy atom. The number of aromatic nitrogens is 2. The summed E-state index contributed by atoms with van der Waals surface area (Å²) in [5.74, 6) is 2.28. The summed E-state index contributed by atoms with van der Waals surface area (Å²) in [6, 6.07) is 2.24. The molecule has 3 rings (SSSR count). The fraction of sp³-hybridized carbons (Fsp3) is 0.692. The van der Waals surface area contributed by atoms with E-state index in [1.165, 1.54) is 12.8 Å². The van der Waals surface area contributed by atoms with Crippen LogP contribution in [0.2, 0.25) is 5.15 Å². The number of ether oxygens (including phenoxy) is 1. The maximum absolute atomic E-state index is 6.05. The van der Waals surface area contributed by atoms with Crippen molar-refractivity contribution in [1.82, 2.24) is 9.97 Å². The second kappa shape index (κ2) is 5.02. The number of halogens is 1. The van der Waals surface area contributed by atoms with Crippen molar-refractivity contribution >= 4 is 17.4 Å². The molecule has 0 radical (unpaired) electrons. The van der Waals surface area contributed by atoms with Crippen LogP contribution >= 0.6 is 11.6 Å². The Bertz CT molecular complexity index is 436. The standard InChI is InChI=1S/C13H18ClN3O/c1-8-6-10(4-5-18-8)15-12-7-11(14)16-13(17-12)9-2-3-9/h7-10H,2-6H2,1H3,(H,15,16,17). The first-order valence-corrected chi connectivity index (χ1v) is 7.01. The van der Waals surface area contributed by atoms with Crippen LogP contribution in [0.15, 0.2) is 6.07 Å². The number of hydrogen-bond acceptors (Lipinski definition) is 4. The molecule has 98 valence electrons. The molecule has 1 saturated heterocycles. The van der Waals surface area contributed by atoms with E-state index in [2.05, 4.69) is 22.2 Å². The lowest BCUT2D eigenvalue weighted by Crippen LogP contribution is -2.32.